The third-order valence-corrected chi connectivity index (χ3v) is 2.32. The highest BCUT2D eigenvalue weighted by Crippen LogP contribution is 2.23. The van der Waals surface area contributed by atoms with Gasteiger partial charge in [0.15, 0.2) is 0 Å². The number of hydrogen-bond acceptors (Lipinski definition) is 1. The van der Waals surface area contributed by atoms with E-state index in [0.29, 0.717) is 5.92 Å². The fourth-order valence-corrected chi connectivity index (χ4v) is 1.20. The first-order chi connectivity index (χ1) is 5.75. The molecule has 0 aliphatic carbocycles. The Balaban J connectivity index is 2.71. The lowest BCUT2D eigenvalue weighted by molar-refractivity contribution is 0.115. The fourth-order valence-electron chi connectivity index (χ4n) is 1.20. The molecule has 0 aliphatic rings. The highest BCUT2D eigenvalue weighted by atomic mass is 16.3. The van der Waals surface area contributed by atoms with Gasteiger partial charge in [0.1, 0.15) is 0 Å². The van der Waals surface area contributed by atoms with E-state index >= 15 is 0 Å². The molecule has 0 amide bonds. The molecule has 1 N–H and O–H groups in total. The Hall–Kier alpha value is -0.820. The number of benzene rings is 1. The standard InChI is InChI=1S/C11H16O/c1-3-9(2)11(12)10-7-5-4-6-8-10/h4-9,11-12H,3H2,1-2H3/t9-,11+/m0/s1. The molecular formula is C11H16O. The SMILES string of the molecule is CC[C@H](C)[C@@H](O)c1ccccc1. The molecule has 0 bridgehead atoms. The summed E-state index contributed by atoms with van der Waals surface area (Å²) in [6.45, 7) is 4.16. The van der Waals surface area contributed by atoms with Gasteiger partial charge in [-0.25, -0.2) is 0 Å². The largest absolute Gasteiger partial charge is 0.388 e. The van der Waals surface area contributed by atoms with Gasteiger partial charge in [-0.15, -0.1) is 0 Å². The zero-order valence-electron chi connectivity index (χ0n) is 7.70. The summed E-state index contributed by atoms with van der Waals surface area (Å²) in [5, 5.41) is 9.79. The smallest absolute Gasteiger partial charge is 0.0815 e. The molecule has 1 aromatic rings. The van der Waals surface area contributed by atoms with Crippen molar-refractivity contribution >= 4 is 0 Å². The Morgan fingerprint density at radius 1 is 1.25 bits per heavy atom. The first-order valence-electron chi connectivity index (χ1n) is 4.48. The van der Waals surface area contributed by atoms with Crippen molar-refractivity contribution in [1.82, 2.24) is 0 Å². The minimum absolute atomic E-state index is 0.309. The summed E-state index contributed by atoms with van der Waals surface area (Å²) < 4.78 is 0. The van der Waals surface area contributed by atoms with Crippen LogP contribution in [0.25, 0.3) is 0 Å². The maximum absolute atomic E-state index is 9.79. The van der Waals surface area contributed by atoms with Crippen LogP contribution in [-0.2, 0) is 0 Å². The molecule has 0 aliphatic heterocycles. The molecule has 1 rings (SSSR count). The topological polar surface area (TPSA) is 20.2 Å². The predicted molar refractivity (Wildman–Crippen MR) is 50.9 cm³/mol. The summed E-state index contributed by atoms with van der Waals surface area (Å²) >= 11 is 0. The van der Waals surface area contributed by atoms with Gasteiger partial charge < -0.3 is 5.11 Å². The van der Waals surface area contributed by atoms with Crippen LogP contribution in [0.15, 0.2) is 30.3 Å². The van der Waals surface area contributed by atoms with E-state index in [9.17, 15) is 5.11 Å². The Kier molecular flexibility index (Phi) is 3.30. The minimum Gasteiger partial charge on any atom is -0.388 e. The van der Waals surface area contributed by atoms with Gasteiger partial charge in [0.05, 0.1) is 6.10 Å². The van der Waals surface area contributed by atoms with Crippen molar-refractivity contribution in [1.29, 1.82) is 0 Å². The molecule has 0 saturated carbocycles. The van der Waals surface area contributed by atoms with Crippen molar-refractivity contribution in [2.75, 3.05) is 0 Å². The van der Waals surface area contributed by atoms with Crippen molar-refractivity contribution in [3.8, 4) is 0 Å². The van der Waals surface area contributed by atoms with Crippen LogP contribution < -0.4 is 0 Å². The molecule has 0 heterocycles. The average Bonchev–Trinajstić information content (AvgIpc) is 2.17. The van der Waals surface area contributed by atoms with E-state index in [1.54, 1.807) is 0 Å². The van der Waals surface area contributed by atoms with E-state index in [1.165, 1.54) is 0 Å². The molecule has 0 aromatic heterocycles. The van der Waals surface area contributed by atoms with E-state index < -0.39 is 0 Å². The van der Waals surface area contributed by atoms with E-state index in [4.69, 9.17) is 0 Å². The van der Waals surface area contributed by atoms with Crippen molar-refractivity contribution in [2.45, 2.75) is 26.4 Å². The monoisotopic (exact) mass is 164 g/mol. The van der Waals surface area contributed by atoms with Gasteiger partial charge in [0, 0.05) is 0 Å². The van der Waals surface area contributed by atoms with Crippen LogP contribution in [0, 0.1) is 5.92 Å². The van der Waals surface area contributed by atoms with E-state index in [0.717, 1.165) is 12.0 Å². The van der Waals surface area contributed by atoms with Crippen molar-refractivity contribution in [3.63, 3.8) is 0 Å². The van der Waals surface area contributed by atoms with Crippen LogP contribution in [-0.4, -0.2) is 5.11 Å². The zero-order chi connectivity index (χ0) is 8.97. The van der Waals surface area contributed by atoms with Crippen LogP contribution in [0.2, 0.25) is 0 Å². The summed E-state index contributed by atoms with van der Waals surface area (Å²) in [7, 11) is 0. The van der Waals surface area contributed by atoms with Gasteiger partial charge in [-0.1, -0.05) is 50.6 Å². The minimum atomic E-state index is -0.309. The Bertz CT molecular complexity index is 218. The third kappa shape index (κ3) is 2.08. The second-order valence-electron chi connectivity index (χ2n) is 3.24. The summed E-state index contributed by atoms with van der Waals surface area (Å²) in [6, 6.07) is 9.82. The second kappa shape index (κ2) is 4.27. The normalized spacial score (nSPS) is 15.6. The van der Waals surface area contributed by atoms with Gasteiger partial charge in [0.2, 0.25) is 0 Å². The van der Waals surface area contributed by atoms with Crippen LogP contribution in [0.3, 0.4) is 0 Å². The molecule has 0 saturated heterocycles. The van der Waals surface area contributed by atoms with Crippen molar-refractivity contribution in [2.24, 2.45) is 5.92 Å². The Morgan fingerprint density at radius 3 is 2.33 bits per heavy atom. The molecule has 0 radical (unpaired) electrons. The molecule has 0 unspecified atom stereocenters. The highest BCUT2D eigenvalue weighted by molar-refractivity contribution is 5.17. The lowest BCUT2D eigenvalue weighted by Crippen LogP contribution is -2.07. The average molecular weight is 164 g/mol. The number of hydrogen-bond donors (Lipinski definition) is 1. The number of aliphatic hydroxyl groups is 1. The van der Waals surface area contributed by atoms with Gasteiger partial charge >= 0.3 is 0 Å². The number of aliphatic hydroxyl groups excluding tert-OH is 1. The molecule has 0 spiro atoms. The molecule has 66 valence electrons. The van der Waals surface area contributed by atoms with Crippen LogP contribution in [0.1, 0.15) is 31.9 Å². The number of rotatable bonds is 3. The van der Waals surface area contributed by atoms with Crippen LogP contribution >= 0.6 is 0 Å². The molecule has 1 nitrogen and oxygen atoms in total. The summed E-state index contributed by atoms with van der Waals surface area (Å²) in [5.74, 6) is 0.340. The Labute approximate surface area is 74.1 Å². The summed E-state index contributed by atoms with van der Waals surface area (Å²) in [6.07, 6.45) is 0.701. The molecule has 0 fully saturated rings. The van der Waals surface area contributed by atoms with Crippen molar-refractivity contribution < 1.29 is 5.11 Å². The summed E-state index contributed by atoms with van der Waals surface area (Å²) in [4.78, 5) is 0. The first kappa shape index (κ1) is 9.27. The maximum atomic E-state index is 9.79. The van der Waals surface area contributed by atoms with E-state index in [1.807, 2.05) is 30.3 Å². The first-order valence-corrected chi connectivity index (χ1v) is 4.48. The molecule has 1 aromatic carbocycles. The molecule has 2 atom stereocenters. The third-order valence-electron chi connectivity index (χ3n) is 2.32. The van der Waals surface area contributed by atoms with Crippen LogP contribution in [0.4, 0.5) is 0 Å². The van der Waals surface area contributed by atoms with E-state index in [-0.39, 0.29) is 6.10 Å². The lowest BCUT2D eigenvalue weighted by Gasteiger charge is -2.16. The highest BCUT2D eigenvalue weighted by Gasteiger charge is 2.13. The Morgan fingerprint density at radius 2 is 1.83 bits per heavy atom. The fraction of sp³-hybridized carbons (Fsp3) is 0.455. The molecule has 1 heteroatoms. The van der Waals surface area contributed by atoms with Gasteiger partial charge in [-0.2, -0.15) is 0 Å². The van der Waals surface area contributed by atoms with Gasteiger partial charge in [-0.05, 0) is 11.5 Å². The van der Waals surface area contributed by atoms with Crippen molar-refractivity contribution in [3.05, 3.63) is 35.9 Å². The molecular weight excluding hydrogens is 148 g/mol. The van der Waals surface area contributed by atoms with Gasteiger partial charge in [-0.3, -0.25) is 0 Å². The zero-order valence-corrected chi connectivity index (χ0v) is 7.70. The second-order valence-corrected chi connectivity index (χ2v) is 3.24. The van der Waals surface area contributed by atoms with Gasteiger partial charge in [0.25, 0.3) is 0 Å². The maximum Gasteiger partial charge on any atom is 0.0815 e. The summed E-state index contributed by atoms with van der Waals surface area (Å²) in [5.41, 5.74) is 1.02. The molecule has 12 heavy (non-hydrogen) atoms. The van der Waals surface area contributed by atoms with E-state index in [2.05, 4.69) is 13.8 Å². The van der Waals surface area contributed by atoms with Crippen LogP contribution in [0.5, 0.6) is 0 Å². The quantitative estimate of drug-likeness (QED) is 0.728. The predicted octanol–water partition coefficient (Wildman–Crippen LogP) is 2.77. The lowest BCUT2D eigenvalue weighted by atomic mass is 9.95.